The van der Waals surface area contributed by atoms with Crippen molar-refractivity contribution < 1.29 is 4.79 Å². The number of rotatable bonds is 5. The zero-order valence-electron chi connectivity index (χ0n) is 11.2. The first-order chi connectivity index (χ1) is 8.47. The molecule has 0 aromatic carbocycles. The van der Waals surface area contributed by atoms with Gasteiger partial charge < -0.3 is 4.90 Å². The number of pyridine rings is 1. The van der Waals surface area contributed by atoms with E-state index in [1.54, 1.807) is 28.9 Å². The number of hydrogen-bond acceptors (Lipinski definition) is 3. The average molecular weight is 287 g/mol. The van der Waals surface area contributed by atoms with E-state index in [9.17, 15) is 4.79 Å². The Labute approximate surface area is 118 Å². The van der Waals surface area contributed by atoms with Gasteiger partial charge in [0.1, 0.15) is 0 Å². The second-order valence-electron chi connectivity index (χ2n) is 4.35. The van der Waals surface area contributed by atoms with Gasteiger partial charge in [-0.2, -0.15) is 11.8 Å². The maximum atomic E-state index is 12.3. The predicted molar refractivity (Wildman–Crippen MR) is 78.5 cm³/mol. The molecule has 1 atom stereocenters. The van der Waals surface area contributed by atoms with Gasteiger partial charge in [-0.15, -0.1) is 0 Å². The summed E-state index contributed by atoms with van der Waals surface area (Å²) in [5.74, 6) is 0.972. The van der Waals surface area contributed by atoms with Crippen molar-refractivity contribution >= 4 is 29.3 Å². The summed E-state index contributed by atoms with van der Waals surface area (Å²) < 4.78 is 0. The first-order valence-electron chi connectivity index (χ1n) is 5.85. The maximum absolute atomic E-state index is 12.3. The number of halogens is 1. The van der Waals surface area contributed by atoms with Crippen LogP contribution in [0.25, 0.3) is 0 Å². The van der Waals surface area contributed by atoms with Crippen LogP contribution in [0.15, 0.2) is 12.3 Å². The highest BCUT2D eigenvalue weighted by Gasteiger charge is 2.19. The number of nitrogens with zero attached hydrogens (tertiary/aromatic N) is 2. The van der Waals surface area contributed by atoms with Gasteiger partial charge in [-0.05, 0) is 38.3 Å². The Morgan fingerprint density at radius 2 is 2.28 bits per heavy atom. The molecule has 0 aliphatic rings. The van der Waals surface area contributed by atoms with E-state index in [0.29, 0.717) is 10.6 Å². The lowest BCUT2D eigenvalue weighted by Gasteiger charge is -2.25. The second-order valence-corrected chi connectivity index (χ2v) is 5.74. The van der Waals surface area contributed by atoms with Crippen molar-refractivity contribution in [1.82, 2.24) is 9.88 Å². The van der Waals surface area contributed by atoms with Gasteiger partial charge in [-0.25, -0.2) is 0 Å². The predicted octanol–water partition coefficient (Wildman–Crippen LogP) is 3.26. The molecule has 0 N–H and O–H groups in total. The zero-order chi connectivity index (χ0) is 13.7. The summed E-state index contributed by atoms with van der Waals surface area (Å²) in [5.41, 5.74) is 1.29. The molecule has 0 radical (unpaired) electrons. The number of carbonyl (C=O) groups excluding carboxylic acids is 1. The van der Waals surface area contributed by atoms with Crippen LogP contribution in [-0.2, 0) is 0 Å². The molecule has 0 aliphatic heterocycles. The van der Waals surface area contributed by atoms with Crippen LogP contribution in [0.2, 0.25) is 5.02 Å². The summed E-state index contributed by atoms with van der Waals surface area (Å²) in [7, 11) is 1.81. The number of amides is 1. The van der Waals surface area contributed by atoms with E-state index in [1.807, 2.05) is 20.9 Å². The van der Waals surface area contributed by atoms with Crippen molar-refractivity contribution in [2.45, 2.75) is 26.3 Å². The Kier molecular flexibility index (Phi) is 5.96. The Hall–Kier alpha value is -0.740. The maximum Gasteiger partial charge on any atom is 0.256 e. The Morgan fingerprint density at radius 3 is 2.83 bits per heavy atom. The molecule has 0 spiro atoms. The van der Waals surface area contributed by atoms with E-state index in [1.165, 1.54) is 0 Å². The molecule has 0 bridgehead atoms. The second kappa shape index (κ2) is 7.00. The fourth-order valence-corrected chi connectivity index (χ4v) is 2.42. The zero-order valence-corrected chi connectivity index (χ0v) is 12.8. The molecule has 0 aliphatic carbocycles. The van der Waals surface area contributed by atoms with Crippen LogP contribution < -0.4 is 0 Å². The average Bonchev–Trinajstić information content (AvgIpc) is 2.34. The molecule has 1 amide bonds. The van der Waals surface area contributed by atoms with E-state index in [0.717, 1.165) is 17.9 Å². The van der Waals surface area contributed by atoms with E-state index >= 15 is 0 Å². The van der Waals surface area contributed by atoms with E-state index in [-0.39, 0.29) is 11.9 Å². The number of thioether (sulfide) groups is 1. The van der Waals surface area contributed by atoms with Gasteiger partial charge in [0.2, 0.25) is 0 Å². The number of aromatic nitrogens is 1. The Balaban J connectivity index is 2.79. The fraction of sp³-hybridized carbons (Fsp3) is 0.538. The molecule has 0 saturated heterocycles. The quantitative estimate of drug-likeness (QED) is 0.833. The van der Waals surface area contributed by atoms with Crippen molar-refractivity contribution in [3.05, 3.63) is 28.5 Å². The molecule has 3 nitrogen and oxygen atoms in total. The van der Waals surface area contributed by atoms with Gasteiger partial charge in [0.05, 0.1) is 10.6 Å². The normalized spacial score (nSPS) is 12.3. The first-order valence-corrected chi connectivity index (χ1v) is 7.62. The molecule has 100 valence electrons. The van der Waals surface area contributed by atoms with Crippen molar-refractivity contribution in [3.63, 3.8) is 0 Å². The third kappa shape index (κ3) is 3.89. The molecule has 1 heterocycles. The molecule has 0 fully saturated rings. The molecule has 5 heteroatoms. The Bertz CT molecular complexity index is 425. The summed E-state index contributed by atoms with van der Waals surface area (Å²) in [6.07, 6.45) is 4.59. The topological polar surface area (TPSA) is 33.2 Å². The highest BCUT2D eigenvalue weighted by Crippen LogP contribution is 2.19. The standard InChI is InChI=1S/C13H19ClN2OS/c1-9-7-12(14)11(8-15-9)13(17)16(3)10(2)5-6-18-4/h7-8,10H,5-6H2,1-4H3. The van der Waals surface area contributed by atoms with Crippen LogP contribution in [-0.4, -0.2) is 40.9 Å². The summed E-state index contributed by atoms with van der Waals surface area (Å²) in [6.45, 7) is 3.90. The van der Waals surface area contributed by atoms with E-state index in [2.05, 4.69) is 11.2 Å². The van der Waals surface area contributed by atoms with E-state index < -0.39 is 0 Å². The van der Waals surface area contributed by atoms with Crippen LogP contribution in [0, 0.1) is 6.92 Å². The third-order valence-electron chi connectivity index (χ3n) is 2.94. The van der Waals surface area contributed by atoms with Gasteiger partial charge >= 0.3 is 0 Å². The van der Waals surface area contributed by atoms with Gasteiger partial charge in [0.25, 0.3) is 5.91 Å². The molecular weight excluding hydrogens is 268 g/mol. The molecule has 0 saturated carbocycles. The lowest BCUT2D eigenvalue weighted by Crippen LogP contribution is -2.35. The minimum Gasteiger partial charge on any atom is -0.339 e. The summed E-state index contributed by atoms with van der Waals surface area (Å²) in [4.78, 5) is 18.1. The van der Waals surface area contributed by atoms with Crippen LogP contribution >= 0.6 is 23.4 Å². The van der Waals surface area contributed by atoms with Crippen molar-refractivity contribution in [1.29, 1.82) is 0 Å². The molecule has 1 unspecified atom stereocenters. The Morgan fingerprint density at radius 1 is 1.61 bits per heavy atom. The smallest absolute Gasteiger partial charge is 0.256 e. The minimum absolute atomic E-state index is 0.0684. The largest absolute Gasteiger partial charge is 0.339 e. The first kappa shape index (κ1) is 15.3. The van der Waals surface area contributed by atoms with Crippen molar-refractivity contribution in [2.75, 3.05) is 19.1 Å². The molecule has 1 aromatic heterocycles. The van der Waals surface area contributed by atoms with E-state index in [4.69, 9.17) is 11.6 Å². The summed E-state index contributed by atoms with van der Waals surface area (Å²) >= 11 is 7.87. The summed E-state index contributed by atoms with van der Waals surface area (Å²) in [6, 6.07) is 1.91. The molecule has 1 aromatic rings. The lowest BCUT2D eigenvalue weighted by atomic mass is 10.2. The van der Waals surface area contributed by atoms with Gasteiger partial charge in [-0.3, -0.25) is 9.78 Å². The number of hydrogen-bond donors (Lipinski definition) is 0. The van der Waals surface area contributed by atoms with Crippen LogP contribution in [0.3, 0.4) is 0 Å². The van der Waals surface area contributed by atoms with Crippen molar-refractivity contribution in [2.24, 2.45) is 0 Å². The minimum atomic E-state index is -0.0684. The summed E-state index contributed by atoms with van der Waals surface area (Å²) in [5, 5.41) is 0.469. The fourth-order valence-electron chi connectivity index (χ4n) is 1.56. The number of carbonyl (C=O) groups is 1. The molecule has 1 rings (SSSR count). The number of aryl methyl sites for hydroxylation is 1. The molecular formula is C13H19ClN2OS. The highest BCUT2D eigenvalue weighted by atomic mass is 35.5. The van der Waals surface area contributed by atoms with Crippen LogP contribution in [0.5, 0.6) is 0 Å². The van der Waals surface area contributed by atoms with Crippen LogP contribution in [0.4, 0.5) is 0 Å². The monoisotopic (exact) mass is 286 g/mol. The molecule has 18 heavy (non-hydrogen) atoms. The highest BCUT2D eigenvalue weighted by molar-refractivity contribution is 7.98. The van der Waals surface area contributed by atoms with Gasteiger partial charge in [0, 0.05) is 25.0 Å². The van der Waals surface area contributed by atoms with Crippen LogP contribution in [0.1, 0.15) is 29.4 Å². The van der Waals surface area contributed by atoms with Gasteiger partial charge in [0.15, 0.2) is 0 Å². The van der Waals surface area contributed by atoms with Crippen molar-refractivity contribution in [3.8, 4) is 0 Å². The SMILES string of the molecule is CSCCC(C)N(C)C(=O)c1cnc(C)cc1Cl. The van der Waals surface area contributed by atoms with Gasteiger partial charge in [-0.1, -0.05) is 11.6 Å². The lowest BCUT2D eigenvalue weighted by molar-refractivity contribution is 0.0741. The third-order valence-corrected chi connectivity index (χ3v) is 3.90.